The molecule has 3 N–H and O–H groups in total. The predicted molar refractivity (Wildman–Crippen MR) is 87.5 cm³/mol. The standard InChI is InChI=1S/C16H24N2O2S/c1-5-9-13(7-3)18-21(19,20)16-11-12(6-2)10-15(17)14(16)8-4/h3,10-11,13,18H,5-6,8-9,17H2,1-2,4H3. The lowest BCUT2D eigenvalue weighted by Crippen LogP contribution is -2.34. The first kappa shape index (κ1) is 17.5. The summed E-state index contributed by atoms with van der Waals surface area (Å²) < 4.78 is 27.8. The second kappa shape index (κ2) is 7.48. The third-order valence-electron chi connectivity index (χ3n) is 3.43. The predicted octanol–water partition coefficient (Wildman–Crippen LogP) is 2.47. The number of sulfonamides is 1. The Morgan fingerprint density at radius 1 is 1.29 bits per heavy atom. The van der Waals surface area contributed by atoms with Crippen molar-refractivity contribution in [2.45, 2.75) is 57.4 Å². The van der Waals surface area contributed by atoms with E-state index in [9.17, 15) is 8.42 Å². The van der Waals surface area contributed by atoms with Crippen molar-refractivity contribution in [1.29, 1.82) is 0 Å². The molecule has 0 amide bonds. The fraction of sp³-hybridized carbons (Fsp3) is 0.500. The number of hydrogen-bond donors (Lipinski definition) is 2. The number of terminal acetylenes is 1. The van der Waals surface area contributed by atoms with Gasteiger partial charge in [-0.2, -0.15) is 4.72 Å². The van der Waals surface area contributed by atoms with Gasteiger partial charge in [0, 0.05) is 5.69 Å². The van der Waals surface area contributed by atoms with Gasteiger partial charge in [-0.25, -0.2) is 8.42 Å². The first-order chi connectivity index (χ1) is 9.89. The zero-order valence-corrected chi connectivity index (χ0v) is 13.8. The Kier molecular flexibility index (Phi) is 6.25. The van der Waals surface area contributed by atoms with Crippen LogP contribution in [0.2, 0.25) is 0 Å². The molecule has 0 saturated carbocycles. The van der Waals surface area contributed by atoms with Gasteiger partial charge in [-0.3, -0.25) is 0 Å². The molecule has 0 aromatic heterocycles. The number of nitrogens with two attached hydrogens (primary N) is 1. The normalized spacial score (nSPS) is 12.9. The number of benzene rings is 1. The molecule has 21 heavy (non-hydrogen) atoms. The summed E-state index contributed by atoms with van der Waals surface area (Å²) in [6.07, 6.45) is 8.11. The van der Waals surface area contributed by atoms with Crippen molar-refractivity contribution in [2.75, 3.05) is 5.73 Å². The van der Waals surface area contributed by atoms with Crippen molar-refractivity contribution in [3.05, 3.63) is 23.3 Å². The molecule has 0 heterocycles. The minimum absolute atomic E-state index is 0.248. The first-order valence-corrected chi connectivity index (χ1v) is 8.77. The van der Waals surface area contributed by atoms with Crippen LogP contribution in [0.15, 0.2) is 17.0 Å². The van der Waals surface area contributed by atoms with Gasteiger partial charge in [0.1, 0.15) is 0 Å². The fourth-order valence-electron chi connectivity index (χ4n) is 2.26. The molecule has 0 aliphatic rings. The van der Waals surface area contributed by atoms with Crippen LogP contribution >= 0.6 is 0 Å². The lowest BCUT2D eigenvalue weighted by atomic mass is 10.1. The van der Waals surface area contributed by atoms with Crippen LogP contribution in [-0.2, 0) is 22.9 Å². The molecular formula is C16H24N2O2S. The molecule has 1 aromatic carbocycles. The summed E-state index contributed by atoms with van der Waals surface area (Å²) in [7, 11) is -3.66. The van der Waals surface area contributed by atoms with E-state index in [4.69, 9.17) is 12.2 Å². The molecule has 0 aliphatic heterocycles. The molecule has 1 aromatic rings. The Morgan fingerprint density at radius 3 is 2.43 bits per heavy atom. The van der Waals surface area contributed by atoms with Crippen molar-refractivity contribution in [1.82, 2.24) is 4.72 Å². The number of nitrogen functional groups attached to an aromatic ring is 1. The van der Waals surface area contributed by atoms with Crippen molar-refractivity contribution in [3.63, 3.8) is 0 Å². The molecule has 4 nitrogen and oxygen atoms in total. The molecule has 1 rings (SSSR count). The Balaban J connectivity index is 3.30. The average Bonchev–Trinajstić information content (AvgIpc) is 2.45. The van der Waals surface area contributed by atoms with Gasteiger partial charge in [0.2, 0.25) is 10.0 Å². The third-order valence-corrected chi connectivity index (χ3v) is 4.97. The molecule has 1 unspecified atom stereocenters. The maximum Gasteiger partial charge on any atom is 0.242 e. The van der Waals surface area contributed by atoms with Crippen molar-refractivity contribution in [3.8, 4) is 12.3 Å². The van der Waals surface area contributed by atoms with Crippen LogP contribution in [0.25, 0.3) is 0 Å². The Labute approximate surface area is 128 Å². The van der Waals surface area contributed by atoms with Crippen LogP contribution in [0, 0.1) is 12.3 Å². The summed E-state index contributed by atoms with van der Waals surface area (Å²) in [4.78, 5) is 0.248. The van der Waals surface area contributed by atoms with E-state index >= 15 is 0 Å². The van der Waals surface area contributed by atoms with Gasteiger partial charge in [-0.1, -0.05) is 33.1 Å². The molecule has 0 fully saturated rings. The van der Waals surface area contributed by atoms with Crippen molar-refractivity contribution < 1.29 is 8.42 Å². The SMILES string of the molecule is C#CC(CCC)NS(=O)(=O)c1cc(CC)cc(N)c1CC. The second-order valence-electron chi connectivity index (χ2n) is 5.00. The van der Waals surface area contributed by atoms with Gasteiger partial charge in [0.05, 0.1) is 10.9 Å². The number of anilines is 1. The summed E-state index contributed by atoms with van der Waals surface area (Å²) >= 11 is 0. The summed E-state index contributed by atoms with van der Waals surface area (Å²) in [5.41, 5.74) is 8.06. The lowest BCUT2D eigenvalue weighted by molar-refractivity contribution is 0.563. The van der Waals surface area contributed by atoms with Gasteiger partial charge >= 0.3 is 0 Å². The molecule has 0 saturated heterocycles. The van der Waals surface area contributed by atoms with Gasteiger partial charge in [0.25, 0.3) is 0 Å². The van der Waals surface area contributed by atoms with E-state index in [2.05, 4.69) is 10.6 Å². The molecule has 0 aliphatic carbocycles. The van der Waals surface area contributed by atoms with Crippen molar-refractivity contribution in [2.24, 2.45) is 0 Å². The van der Waals surface area contributed by atoms with E-state index in [0.29, 0.717) is 24.1 Å². The van der Waals surface area contributed by atoms with Gasteiger partial charge in [0.15, 0.2) is 0 Å². The van der Waals surface area contributed by atoms with E-state index in [1.165, 1.54) is 0 Å². The van der Waals surface area contributed by atoms with Gasteiger partial charge < -0.3 is 5.73 Å². The largest absolute Gasteiger partial charge is 0.398 e. The molecule has 0 spiro atoms. The van der Waals surface area contributed by atoms with E-state index in [-0.39, 0.29) is 4.90 Å². The van der Waals surface area contributed by atoms with Crippen molar-refractivity contribution >= 4 is 15.7 Å². The maximum absolute atomic E-state index is 12.6. The second-order valence-corrected chi connectivity index (χ2v) is 6.68. The number of hydrogen-bond acceptors (Lipinski definition) is 3. The van der Waals surface area contributed by atoms with Gasteiger partial charge in [-0.05, 0) is 42.5 Å². The highest BCUT2D eigenvalue weighted by molar-refractivity contribution is 7.89. The number of nitrogens with one attached hydrogen (secondary N) is 1. The first-order valence-electron chi connectivity index (χ1n) is 7.29. The van der Waals surface area contributed by atoms with Crippen LogP contribution in [0.3, 0.4) is 0 Å². The number of rotatable bonds is 7. The Hall–Kier alpha value is -1.51. The highest BCUT2D eigenvalue weighted by Gasteiger charge is 2.23. The number of aryl methyl sites for hydroxylation is 1. The zero-order valence-electron chi connectivity index (χ0n) is 12.9. The average molecular weight is 308 g/mol. The topological polar surface area (TPSA) is 72.2 Å². The molecular weight excluding hydrogens is 284 g/mol. The monoisotopic (exact) mass is 308 g/mol. The minimum Gasteiger partial charge on any atom is -0.398 e. The Bertz CT molecular complexity index is 630. The molecule has 116 valence electrons. The van der Waals surface area contributed by atoms with Crippen LogP contribution < -0.4 is 10.5 Å². The van der Waals surface area contributed by atoms with E-state index in [1.807, 2.05) is 26.8 Å². The quantitative estimate of drug-likeness (QED) is 0.600. The van der Waals surface area contributed by atoms with E-state index < -0.39 is 16.1 Å². The van der Waals surface area contributed by atoms with Crippen LogP contribution in [0.5, 0.6) is 0 Å². The minimum atomic E-state index is -3.66. The summed E-state index contributed by atoms with van der Waals surface area (Å²) in [5.74, 6) is 2.49. The summed E-state index contributed by atoms with van der Waals surface area (Å²) in [6, 6.07) is 3.04. The van der Waals surface area contributed by atoms with Crippen LogP contribution in [0.4, 0.5) is 5.69 Å². The van der Waals surface area contributed by atoms with Crippen LogP contribution in [-0.4, -0.2) is 14.5 Å². The molecule has 0 radical (unpaired) electrons. The lowest BCUT2D eigenvalue weighted by Gasteiger charge is -2.17. The summed E-state index contributed by atoms with van der Waals surface area (Å²) in [5, 5.41) is 0. The third kappa shape index (κ3) is 4.23. The zero-order chi connectivity index (χ0) is 16.0. The fourth-order valence-corrected chi connectivity index (χ4v) is 3.84. The molecule has 1 atom stereocenters. The molecule has 5 heteroatoms. The van der Waals surface area contributed by atoms with E-state index in [1.54, 1.807) is 6.07 Å². The smallest absolute Gasteiger partial charge is 0.242 e. The highest BCUT2D eigenvalue weighted by atomic mass is 32.2. The maximum atomic E-state index is 12.6. The van der Waals surface area contributed by atoms with Gasteiger partial charge in [-0.15, -0.1) is 6.42 Å². The van der Waals surface area contributed by atoms with Crippen LogP contribution in [0.1, 0.15) is 44.7 Å². The highest BCUT2D eigenvalue weighted by Crippen LogP contribution is 2.25. The summed E-state index contributed by atoms with van der Waals surface area (Å²) in [6.45, 7) is 5.82. The Morgan fingerprint density at radius 2 is 1.95 bits per heavy atom. The molecule has 0 bridgehead atoms. The van der Waals surface area contributed by atoms with E-state index in [0.717, 1.165) is 18.4 Å².